The first-order valence-corrected chi connectivity index (χ1v) is 6.67. The lowest BCUT2D eigenvalue weighted by atomic mass is 10.3. The van der Waals surface area contributed by atoms with Gasteiger partial charge < -0.3 is 0 Å². The lowest BCUT2D eigenvalue weighted by Gasteiger charge is -2.00. The molecule has 4 nitrogen and oxygen atoms in total. The number of rotatable bonds is 3. The van der Waals surface area contributed by atoms with Crippen molar-refractivity contribution in [1.29, 1.82) is 0 Å². The van der Waals surface area contributed by atoms with Crippen molar-refractivity contribution in [3.05, 3.63) is 44.4 Å². The van der Waals surface area contributed by atoms with E-state index in [2.05, 4.69) is 20.9 Å². The molecular formula is C9H5BrN2O2S2. The molecule has 0 atom stereocenters. The van der Waals surface area contributed by atoms with E-state index in [9.17, 15) is 10.1 Å². The van der Waals surface area contributed by atoms with Crippen LogP contribution in [-0.4, -0.2) is 9.91 Å². The second-order valence-electron chi connectivity index (χ2n) is 2.77. The number of nitrogens with zero attached hydrogens (tertiary/aromatic N) is 2. The number of aromatic nitrogens is 1. The van der Waals surface area contributed by atoms with Crippen molar-refractivity contribution in [2.45, 2.75) is 9.24 Å². The predicted molar refractivity (Wildman–Crippen MR) is 67.0 cm³/mol. The SMILES string of the molecule is O=[N+]([O-])c1cc(Br)ccc1Sc1nccs1. The summed E-state index contributed by atoms with van der Waals surface area (Å²) < 4.78 is 1.49. The Hall–Kier alpha value is -0.920. The van der Waals surface area contributed by atoms with Crippen molar-refractivity contribution in [3.8, 4) is 0 Å². The average molecular weight is 317 g/mol. The van der Waals surface area contributed by atoms with Gasteiger partial charge in [0.1, 0.15) is 0 Å². The third-order valence-corrected chi connectivity index (χ3v) is 4.17. The number of hydrogen-bond donors (Lipinski definition) is 0. The standard InChI is InChI=1S/C9H5BrN2O2S2/c10-6-1-2-8(7(5-6)12(13)14)16-9-11-3-4-15-9/h1-5H. The summed E-state index contributed by atoms with van der Waals surface area (Å²) in [6.45, 7) is 0. The van der Waals surface area contributed by atoms with Crippen LogP contribution in [-0.2, 0) is 0 Å². The van der Waals surface area contributed by atoms with Crippen molar-refractivity contribution >= 4 is 44.7 Å². The minimum Gasteiger partial charge on any atom is -0.258 e. The lowest BCUT2D eigenvalue weighted by Crippen LogP contribution is -1.90. The fraction of sp³-hybridized carbons (Fsp3) is 0. The summed E-state index contributed by atoms with van der Waals surface area (Å²) in [5, 5.41) is 12.7. The predicted octanol–water partition coefficient (Wildman–Crippen LogP) is 3.97. The summed E-state index contributed by atoms with van der Waals surface area (Å²) in [5.41, 5.74) is 0.0922. The molecular weight excluding hydrogens is 312 g/mol. The Morgan fingerprint density at radius 1 is 1.50 bits per heavy atom. The van der Waals surface area contributed by atoms with E-state index in [1.54, 1.807) is 18.3 Å². The van der Waals surface area contributed by atoms with Crippen LogP contribution in [0.5, 0.6) is 0 Å². The van der Waals surface area contributed by atoms with Crippen LogP contribution in [0.2, 0.25) is 0 Å². The Labute approximate surface area is 108 Å². The van der Waals surface area contributed by atoms with E-state index in [-0.39, 0.29) is 10.6 Å². The Balaban J connectivity index is 2.36. The molecule has 0 aliphatic heterocycles. The molecule has 0 spiro atoms. The van der Waals surface area contributed by atoms with Crippen LogP contribution in [0.4, 0.5) is 5.69 Å². The van der Waals surface area contributed by atoms with Crippen LogP contribution in [0, 0.1) is 10.1 Å². The summed E-state index contributed by atoms with van der Waals surface area (Å²) in [6.07, 6.45) is 1.68. The fourth-order valence-corrected chi connectivity index (χ4v) is 3.09. The molecule has 0 N–H and O–H groups in total. The summed E-state index contributed by atoms with van der Waals surface area (Å²) >= 11 is 5.98. The van der Waals surface area contributed by atoms with Crippen molar-refractivity contribution in [2.24, 2.45) is 0 Å². The number of nitro groups is 1. The highest BCUT2D eigenvalue weighted by Gasteiger charge is 2.15. The highest BCUT2D eigenvalue weighted by atomic mass is 79.9. The van der Waals surface area contributed by atoms with Crippen LogP contribution in [0.25, 0.3) is 0 Å². The summed E-state index contributed by atoms with van der Waals surface area (Å²) in [4.78, 5) is 15.2. The van der Waals surface area contributed by atoms with E-state index in [4.69, 9.17) is 0 Å². The lowest BCUT2D eigenvalue weighted by molar-refractivity contribution is -0.387. The molecule has 2 rings (SSSR count). The second kappa shape index (κ2) is 4.94. The number of halogens is 1. The number of nitro benzene ring substituents is 1. The molecule has 7 heteroatoms. The first kappa shape index (κ1) is 11.6. The zero-order valence-corrected chi connectivity index (χ0v) is 11.0. The van der Waals surface area contributed by atoms with Gasteiger partial charge in [0, 0.05) is 22.1 Å². The largest absolute Gasteiger partial charge is 0.284 e. The molecule has 0 amide bonds. The minimum atomic E-state index is -0.388. The molecule has 0 bridgehead atoms. The number of hydrogen-bond acceptors (Lipinski definition) is 5. The molecule has 82 valence electrons. The average Bonchev–Trinajstić information content (AvgIpc) is 2.73. The molecule has 1 aromatic carbocycles. The van der Waals surface area contributed by atoms with Crippen LogP contribution in [0.3, 0.4) is 0 Å². The molecule has 1 heterocycles. The first-order valence-electron chi connectivity index (χ1n) is 4.18. The monoisotopic (exact) mass is 316 g/mol. The molecule has 0 aliphatic carbocycles. The second-order valence-corrected chi connectivity index (χ2v) is 5.87. The Morgan fingerprint density at radius 3 is 2.94 bits per heavy atom. The van der Waals surface area contributed by atoms with Crippen LogP contribution >= 0.6 is 39.0 Å². The Morgan fingerprint density at radius 2 is 2.31 bits per heavy atom. The maximum atomic E-state index is 10.9. The highest BCUT2D eigenvalue weighted by Crippen LogP contribution is 2.36. The maximum Gasteiger partial charge on any atom is 0.284 e. The van der Waals surface area contributed by atoms with Gasteiger partial charge in [0.2, 0.25) is 0 Å². The van der Waals surface area contributed by atoms with Gasteiger partial charge in [-0.3, -0.25) is 10.1 Å². The van der Waals surface area contributed by atoms with Gasteiger partial charge in [-0.05, 0) is 12.1 Å². The summed E-state index contributed by atoms with van der Waals surface area (Å²) in [6, 6.07) is 4.99. The van der Waals surface area contributed by atoms with Gasteiger partial charge in [-0.25, -0.2) is 4.98 Å². The topological polar surface area (TPSA) is 56.0 Å². The van der Waals surface area contributed by atoms with Crippen molar-refractivity contribution in [1.82, 2.24) is 4.98 Å². The van der Waals surface area contributed by atoms with Crippen LogP contribution in [0.15, 0.2) is 43.5 Å². The third-order valence-electron chi connectivity index (χ3n) is 1.72. The molecule has 1 aromatic heterocycles. The van der Waals surface area contributed by atoms with Gasteiger partial charge in [-0.2, -0.15) is 0 Å². The van der Waals surface area contributed by atoms with E-state index in [1.807, 2.05) is 5.38 Å². The minimum absolute atomic E-state index is 0.0922. The maximum absolute atomic E-state index is 10.9. The van der Waals surface area contributed by atoms with Crippen LogP contribution < -0.4 is 0 Å². The van der Waals surface area contributed by atoms with Gasteiger partial charge in [-0.15, -0.1) is 11.3 Å². The van der Waals surface area contributed by atoms with E-state index in [1.165, 1.54) is 29.2 Å². The van der Waals surface area contributed by atoms with E-state index in [0.29, 0.717) is 9.37 Å². The first-order chi connectivity index (χ1) is 7.66. The molecule has 2 aromatic rings. The zero-order chi connectivity index (χ0) is 11.5. The zero-order valence-electron chi connectivity index (χ0n) is 7.79. The van der Waals surface area contributed by atoms with E-state index in [0.717, 1.165) is 4.34 Å². The summed E-state index contributed by atoms with van der Waals surface area (Å²) in [5.74, 6) is 0. The Bertz CT molecular complexity index is 516. The normalized spacial score (nSPS) is 10.3. The quantitative estimate of drug-likeness (QED) is 0.635. The fourth-order valence-electron chi connectivity index (χ4n) is 1.07. The summed E-state index contributed by atoms with van der Waals surface area (Å²) in [7, 11) is 0. The molecule has 0 radical (unpaired) electrons. The molecule has 0 saturated heterocycles. The van der Waals surface area contributed by atoms with Gasteiger partial charge in [-0.1, -0.05) is 27.7 Å². The van der Waals surface area contributed by atoms with Crippen molar-refractivity contribution in [2.75, 3.05) is 0 Å². The van der Waals surface area contributed by atoms with Crippen molar-refractivity contribution < 1.29 is 4.92 Å². The molecule has 0 unspecified atom stereocenters. The molecule has 0 fully saturated rings. The molecule has 16 heavy (non-hydrogen) atoms. The molecule has 0 saturated carbocycles. The van der Waals surface area contributed by atoms with Gasteiger partial charge >= 0.3 is 0 Å². The smallest absolute Gasteiger partial charge is 0.258 e. The number of thiazole rings is 1. The van der Waals surface area contributed by atoms with Gasteiger partial charge in [0.05, 0.1) is 9.82 Å². The van der Waals surface area contributed by atoms with Gasteiger partial charge in [0.25, 0.3) is 5.69 Å². The van der Waals surface area contributed by atoms with Crippen molar-refractivity contribution in [3.63, 3.8) is 0 Å². The number of benzene rings is 1. The molecule has 0 aliphatic rings. The Kier molecular flexibility index (Phi) is 3.57. The third kappa shape index (κ3) is 2.60. The van der Waals surface area contributed by atoms with Crippen LogP contribution in [0.1, 0.15) is 0 Å². The van der Waals surface area contributed by atoms with E-state index >= 15 is 0 Å². The van der Waals surface area contributed by atoms with E-state index < -0.39 is 0 Å². The van der Waals surface area contributed by atoms with Gasteiger partial charge in [0.15, 0.2) is 4.34 Å². The highest BCUT2D eigenvalue weighted by molar-refractivity contribution is 9.10.